The van der Waals surface area contributed by atoms with Crippen molar-refractivity contribution in [2.45, 2.75) is 96.1 Å². The molecule has 0 spiro atoms. The van der Waals surface area contributed by atoms with Crippen LogP contribution < -0.4 is 9.47 Å². The summed E-state index contributed by atoms with van der Waals surface area (Å²) in [7, 11) is 0. The van der Waals surface area contributed by atoms with Crippen LogP contribution in [0.25, 0.3) is 0 Å². The van der Waals surface area contributed by atoms with Crippen LogP contribution in [0.5, 0.6) is 11.5 Å². The van der Waals surface area contributed by atoms with Gasteiger partial charge in [0, 0.05) is 0 Å². The van der Waals surface area contributed by atoms with Gasteiger partial charge in [-0.05, 0) is 118 Å². The zero-order valence-corrected chi connectivity index (χ0v) is 24.2. The number of esters is 1. The zero-order chi connectivity index (χ0) is 31.0. The molecule has 0 unspecified atom stereocenters. The molecule has 10 heteroatoms. The average Bonchev–Trinajstić information content (AvgIpc) is 2.96. The summed E-state index contributed by atoms with van der Waals surface area (Å²) < 4.78 is 95.3. The second-order valence-corrected chi connectivity index (χ2v) is 11.5. The maximum absolute atomic E-state index is 14.8. The molecule has 0 bridgehead atoms. The molecule has 0 atom stereocenters. The van der Waals surface area contributed by atoms with E-state index < -0.39 is 41.7 Å². The predicted molar refractivity (Wildman–Crippen MR) is 149 cm³/mol. The van der Waals surface area contributed by atoms with Gasteiger partial charge in [0.1, 0.15) is 17.3 Å². The summed E-state index contributed by atoms with van der Waals surface area (Å²) in [5.41, 5.74) is -0.0190. The minimum Gasteiger partial charge on any atom is -0.426 e. The second kappa shape index (κ2) is 14.6. The van der Waals surface area contributed by atoms with E-state index in [9.17, 15) is 31.1 Å². The normalized spacial score (nSPS) is 23.3. The number of aryl methyl sites for hydroxylation is 1. The van der Waals surface area contributed by atoms with Crippen LogP contribution in [0.1, 0.15) is 82.3 Å². The molecule has 2 aromatic carbocycles. The molecule has 2 aliphatic carbocycles. The van der Waals surface area contributed by atoms with Crippen LogP contribution in [0.15, 0.2) is 54.6 Å². The Morgan fingerprint density at radius 1 is 0.837 bits per heavy atom. The minimum atomic E-state index is -4.79. The number of ether oxygens (including phenoxy) is 3. The molecule has 0 saturated heterocycles. The number of hydrogen-bond acceptors (Lipinski definition) is 4. The molecule has 2 fully saturated rings. The van der Waals surface area contributed by atoms with Crippen molar-refractivity contribution in [3.63, 3.8) is 0 Å². The standard InChI is InChI=1S/C33H38F6O4/c1-2-3-4-24-11-20-29(30(34)21-24)32(35,36)42-27-14-9-23(10-15-27)6-5-22-7-12-25(13-8-22)31(40)41-26-16-18-28(19-17-26)43-33(37,38)39/h5-6,11,16-23,25,27H,2-4,7-10,12-15H2,1H3/b6-5+. The Morgan fingerprint density at radius 2 is 1.42 bits per heavy atom. The number of carbonyl (C=O) groups excluding carboxylic acids is 1. The summed E-state index contributed by atoms with van der Waals surface area (Å²) >= 11 is 0. The van der Waals surface area contributed by atoms with Crippen LogP contribution in [0, 0.1) is 23.6 Å². The van der Waals surface area contributed by atoms with Gasteiger partial charge < -0.3 is 14.2 Å². The van der Waals surface area contributed by atoms with Crippen LogP contribution in [-0.4, -0.2) is 18.4 Å². The quantitative estimate of drug-likeness (QED) is 0.110. The van der Waals surface area contributed by atoms with E-state index in [4.69, 9.17) is 9.47 Å². The molecule has 4 nitrogen and oxygen atoms in total. The van der Waals surface area contributed by atoms with Crippen molar-refractivity contribution >= 4 is 5.97 Å². The molecule has 2 saturated carbocycles. The summed E-state index contributed by atoms with van der Waals surface area (Å²) in [6.45, 7) is 2.02. The fourth-order valence-electron chi connectivity index (χ4n) is 5.77. The maximum Gasteiger partial charge on any atom is 0.573 e. The fraction of sp³-hybridized carbons (Fsp3) is 0.545. The third kappa shape index (κ3) is 10.0. The first-order valence-electron chi connectivity index (χ1n) is 15.0. The van der Waals surface area contributed by atoms with Crippen molar-refractivity contribution in [1.29, 1.82) is 0 Å². The highest BCUT2D eigenvalue weighted by atomic mass is 19.4. The lowest BCUT2D eigenvalue weighted by Gasteiger charge is -2.31. The molecule has 0 aromatic heterocycles. The number of unbranched alkanes of at least 4 members (excludes halogenated alkanes) is 1. The van der Waals surface area contributed by atoms with Gasteiger partial charge in [-0.2, -0.15) is 8.78 Å². The molecule has 0 aliphatic heterocycles. The first-order valence-corrected chi connectivity index (χ1v) is 15.0. The highest BCUT2D eigenvalue weighted by molar-refractivity contribution is 5.75. The van der Waals surface area contributed by atoms with Crippen LogP contribution in [-0.2, 0) is 22.1 Å². The molecule has 4 rings (SSSR count). The lowest BCUT2D eigenvalue weighted by molar-refractivity contribution is -0.279. The Balaban J connectivity index is 1.17. The summed E-state index contributed by atoms with van der Waals surface area (Å²) in [4.78, 5) is 12.5. The van der Waals surface area contributed by atoms with Crippen LogP contribution in [0.3, 0.4) is 0 Å². The van der Waals surface area contributed by atoms with E-state index in [-0.39, 0.29) is 17.6 Å². The van der Waals surface area contributed by atoms with Gasteiger partial charge in [0.05, 0.1) is 17.6 Å². The monoisotopic (exact) mass is 612 g/mol. The number of allylic oxidation sites excluding steroid dienone is 2. The van der Waals surface area contributed by atoms with Crippen molar-refractivity contribution in [3.8, 4) is 11.5 Å². The van der Waals surface area contributed by atoms with E-state index in [1.54, 1.807) is 6.07 Å². The van der Waals surface area contributed by atoms with E-state index in [2.05, 4.69) is 16.9 Å². The molecular weight excluding hydrogens is 574 g/mol. The van der Waals surface area contributed by atoms with Gasteiger partial charge in [-0.3, -0.25) is 4.79 Å². The largest absolute Gasteiger partial charge is 0.573 e. The van der Waals surface area contributed by atoms with Crippen LogP contribution in [0.4, 0.5) is 26.3 Å². The van der Waals surface area contributed by atoms with Crippen molar-refractivity contribution < 1.29 is 45.3 Å². The highest BCUT2D eigenvalue weighted by Gasteiger charge is 2.39. The summed E-state index contributed by atoms with van der Waals surface area (Å²) in [5, 5.41) is 0. The van der Waals surface area contributed by atoms with Crippen molar-refractivity contribution in [1.82, 2.24) is 0 Å². The van der Waals surface area contributed by atoms with Gasteiger partial charge in [0.15, 0.2) is 0 Å². The molecule has 0 heterocycles. The highest BCUT2D eigenvalue weighted by Crippen LogP contribution is 2.38. The Labute approximate surface area is 248 Å². The predicted octanol–water partition coefficient (Wildman–Crippen LogP) is 9.66. The molecule has 0 amide bonds. The summed E-state index contributed by atoms with van der Waals surface area (Å²) in [6.07, 6.45) is 2.79. The van der Waals surface area contributed by atoms with E-state index in [1.165, 1.54) is 18.2 Å². The molecule has 2 aromatic rings. The Morgan fingerprint density at radius 3 is 1.98 bits per heavy atom. The van der Waals surface area contributed by atoms with Gasteiger partial charge in [-0.1, -0.05) is 31.6 Å². The SMILES string of the molecule is CCCCc1ccc(C(F)(F)OC2CCC(/C=C/C3CCC(C(=O)Oc4ccc(OC(F)(F)F)cc4)CC3)CC2)c(F)c1. The average molecular weight is 613 g/mol. The van der Waals surface area contributed by atoms with Crippen molar-refractivity contribution in [2.75, 3.05) is 0 Å². The fourth-order valence-corrected chi connectivity index (χ4v) is 5.77. The Kier molecular flexibility index (Phi) is 11.2. The van der Waals surface area contributed by atoms with E-state index in [1.807, 2.05) is 6.92 Å². The summed E-state index contributed by atoms with van der Waals surface area (Å²) in [6, 6.07) is 8.57. The molecule has 0 radical (unpaired) electrons. The minimum absolute atomic E-state index is 0.157. The number of carbonyl (C=O) groups is 1. The topological polar surface area (TPSA) is 44.8 Å². The van der Waals surface area contributed by atoms with Gasteiger partial charge in [0.2, 0.25) is 0 Å². The number of alkyl halides is 5. The van der Waals surface area contributed by atoms with Gasteiger partial charge in [0.25, 0.3) is 0 Å². The second-order valence-electron chi connectivity index (χ2n) is 11.5. The Bertz CT molecular complexity index is 1210. The summed E-state index contributed by atoms with van der Waals surface area (Å²) in [5.74, 6) is -1.33. The number of rotatable bonds is 11. The number of halogens is 6. The molecular formula is C33H38F6O4. The first kappa shape index (κ1) is 32.9. The lowest BCUT2D eigenvalue weighted by atomic mass is 9.80. The number of hydrogen-bond donors (Lipinski definition) is 0. The van der Waals surface area contributed by atoms with Crippen molar-refractivity contribution in [3.05, 3.63) is 71.6 Å². The van der Waals surface area contributed by atoms with Crippen LogP contribution >= 0.6 is 0 Å². The third-order valence-electron chi connectivity index (χ3n) is 8.24. The number of benzene rings is 2. The first-order chi connectivity index (χ1) is 20.4. The smallest absolute Gasteiger partial charge is 0.426 e. The third-order valence-corrected chi connectivity index (χ3v) is 8.24. The van der Waals surface area contributed by atoms with Gasteiger partial charge in [-0.25, -0.2) is 4.39 Å². The molecule has 2 aliphatic rings. The van der Waals surface area contributed by atoms with Crippen LogP contribution in [0.2, 0.25) is 0 Å². The molecule has 0 N–H and O–H groups in total. The van der Waals surface area contributed by atoms with E-state index in [0.717, 1.165) is 43.9 Å². The molecule has 236 valence electrons. The molecule has 43 heavy (non-hydrogen) atoms. The van der Waals surface area contributed by atoms with Crippen molar-refractivity contribution in [2.24, 2.45) is 17.8 Å². The lowest BCUT2D eigenvalue weighted by Crippen LogP contribution is -2.30. The maximum atomic E-state index is 14.8. The van der Waals surface area contributed by atoms with Gasteiger partial charge in [-0.15, -0.1) is 13.2 Å². The Hall–Kier alpha value is -3.01. The van der Waals surface area contributed by atoms with E-state index in [0.29, 0.717) is 56.4 Å². The van der Waals surface area contributed by atoms with E-state index >= 15 is 0 Å². The van der Waals surface area contributed by atoms with Gasteiger partial charge >= 0.3 is 18.4 Å². The zero-order valence-electron chi connectivity index (χ0n) is 24.2.